The van der Waals surface area contributed by atoms with Crippen molar-refractivity contribution in [1.82, 2.24) is 4.90 Å². The molecule has 6 nitrogen and oxygen atoms in total. The molecular weight excluding hydrogens is 346 g/mol. The molecule has 3 rings (SSSR count). The molecule has 1 fully saturated rings. The first-order chi connectivity index (χ1) is 13.1. The maximum absolute atomic E-state index is 12.7. The molecule has 0 radical (unpaired) electrons. The molecule has 6 heteroatoms. The van der Waals surface area contributed by atoms with Crippen LogP contribution in [0.4, 0.5) is 0 Å². The summed E-state index contributed by atoms with van der Waals surface area (Å²) < 4.78 is 15.9. The lowest BCUT2D eigenvalue weighted by molar-refractivity contribution is -0.134. The zero-order chi connectivity index (χ0) is 19.2. The van der Waals surface area contributed by atoms with Gasteiger partial charge in [-0.05, 0) is 48.7 Å². The summed E-state index contributed by atoms with van der Waals surface area (Å²) in [7, 11) is 3.15. The van der Waals surface area contributed by atoms with E-state index in [0.717, 1.165) is 24.2 Å². The van der Waals surface area contributed by atoms with E-state index in [1.807, 2.05) is 29.2 Å². The smallest absolute Gasteiger partial charge is 0.261 e. The highest BCUT2D eigenvalue weighted by molar-refractivity contribution is 5.81. The van der Waals surface area contributed by atoms with Gasteiger partial charge in [0.25, 0.3) is 5.91 Å². The van der Waals surface area contributed by atoms with E-state index in [-0.39, 0.29) is 18.6 Å². The summed E-state index contributed by atoms with van der Waals surface area (Å²) in [5, 5.41) is 0. The lowest BCUT2D eigenvalue weighted by Crippen LogP contribution is -2.36. The lowest BCUT2D eigenvalue weighted by Gasteiger charge is -2.23. The van der Waals surface area contributed by atoms with E-state index < -0.39 is 0 Å². The molecule has 1 aliphatic carbocycles. The maximum Gasteiger partial charge on any atom is 0.261 e. The van der Waals surface area contributed by atoms with Gasteiger partial charge in [0.1, 0.15) is 17.2 Å². The Morgan fingerprint density at radius 3 is 2.33 bits per heavy atom. The second-order valence-corrected chi connectivity index (χ2v) is 6.41. The Morgan fingerprint density at radius 2 is 1.74 bits per heavy atom. The van der Waals surface area contributed by atoms with E-state index in [4.69, 9.17) is 14.2 Å². The van der Waals surface area contributed by atoms with Crippen LogP contribution < -0.4 is 14.2 Å². The van der Waals surface area contributed by atoms with E-state index >= 15 is 0 Å². The number of benzene rings is 2. The van der Waals surface area contributed by atoms with Gasteiger partial charge in [-0.15, -0.1) is 0 Å². The normalized spacial score (nSPS) is 13.0. The van der Waals surface area contributed by atoms with Crippen LogP contribution in [-0.4, -0.2) is 44.0 Å². The van der Waals surface area contributed by atoms with Gasteiger partial charge in [-0.2, -0.15) is 0 Å². The predicted octanol–water partition coefficient (Wildman–Crippen LogP) is 3.09. The SMILES string of the molecule is COc1ccc(CN(C(=O)COc2ccc(OC)cc2C=O)C2CC2)cc1. The van der Waals surface area contributed by atoms with Gasteiger partial charge in [-0.25, -0.2) is 0 Å². The van der Waals surface area contributed by atoms with Crippen LogP contribution in [0.5, 0.6) is 17.2 Å². The molecule has 142 valence electrons. The number of nitrogens with zero attached hydrogens (tertiary/aromatic N) is 1. The summed E-state index contributed by atoms with van der Waals surface area (Å²) in [5.41, 5.74) is 1.39. The van der Waals surface area contributed by atoms with Crippen molar-refractivity contribution < 1.29 is 23.8 Å². The summed E-state index contributed by atoms with van der Waals surface area (Å²) in [6.07, 6.45) is 2.70. The van der Waals surface area contributed by atoms with Crippen molar-refractivity contribution in [2.24, 2.45) is 0 Å². The van der Waals surface area contributed by atoms with Crippen molar-refractivity contribution in [1.29, 1.82) is 0 Å². The van der Waals surface area contributed by atoms with Crippen molar-refractivity contribution in [2.45, 2.75) is 25.4 Å². The number of carbonyl (C=O) groups excluding carboxylic acids is 2. The fourth-order valence-electron chi connectivity index (χ4n) is 2.83. The molecule has 1 saturated carbocycles. The van der Waals surface area contributed by atoms with E-state index in [0.29, 0.717) is 29.9 Å². The Hall–Kier alpha value is -3.02. The largest absolute Gasteiger partial charge is 0.497 e. The number of rotatable bonds is 9. The minimum atomic E-state index is -0.111. The Labute approximate surface area is 158 Å². The van der Waals surface area contributed by atoms with E-state index in [1.165, 1.54) is 7.11 Å². The van der Waals surface area contributed by atoms with Gasteiger partial charge < -0.3 is 19.1 Å². The summed E-state index contributed by atoms with van der Waals surface area (Å²) in [5.74, 6) is 1.63. The number of hydrogen-bond acceptors (Lipinski definition) is 5. The van der Waals surface area contributed by atoms with Crippen LogP contribution in [0.25, 0.3) is 0 Å². The molecule has 27 heavy (non-hydrogen) atoms. The van der Waals surface area contributed by atoms with E-state index in [2.05, 4.69) is 0 Å². The van der Waals surface area contributed by atoms with Gasteiger partial charge in [-0.3, -0.25) is 9.59 Å². The molecule has 0 N–H and O–H groups in total. The average molecular weight is 369 g/mol. The number of carbonyl (C=O) groups is 2. The molecule has 0 heterocycles. The molecule has 0 aliphatic heterocycles. The molecule has 0 unspecified atom stereocenters. The third kappa shape index (κ3) is 4.78. The van der Waals surface area contributed by atoms with Crippen molar-refractivity contribution in [3.8, 4) is 17.2 Å². The van der Waals surface area contributed by atoms with E-state index in [9.17, 15) is 9.59 Å². The highest BCUT2D eigenvalue weighted by Crippen LogP contribution is 2.29. The molecule has 2 aromatic rings. The van der Waals surface area contributed by atoms with Gasteiger partial charge >= 0.3 is 0 Å². The first-order valence-corrected chi connectivity index (χ1v) is 8.83. The monoisotopic (exact) mass is 369 g/mol. The highest BCUT2D eigenvalue weighted by Gasteiger charge is 2.32. The maximum atomic E-state index is 12.7. The van der Waals surface area contributed by atoms with Crippen LogP contribution in [0.2, 0.25) is 0 Å². The first-order valence-electron chi connectivity index (χ1n) is 8.83. The second kappa shape index (κ2) is 8.58. The molecular formula is C21H23NO5. The van der Waals surface area contributed by atoms with Gasteiger partial charge in [-0.1, -0.05) is 12.1 Å². The molecule has 2 aromatic carbocycles. The lowest BCUT2D eigenvalue weighted by atomic mass is 10.2. The van der Waals surface area contributed by atoms with Crippen LogP contribution in [0.3, 0.4) is 0 Å². The zero-order valence-corrected chi connectivity index (χ0v) is 15.5. The summed E-state index contributed by atoms with van der Waals surface area (Å²) >= 11 is 0. The number of ether oxygens (including phenoxy) is 3. The number of aldehydes is 1. The molecule has 1 amide bonds. The van der Waals surface area contributed by atoms with Crippen molar-refractivity contribution in [2.75, 3.05) is 20.8 Å². The third-order valence-corrected chi connectivity index (χ3v) is 4.52. The highest BCUT2D eigenvalue weighted by atomic mass is 16.5. The Kier molecular flexibility index (Phi) is 5.96. The fourth-order valence-corrected chi connectivity index (χ4v) is 2.83. The molecule has 0 bridgehead atoms. The van der Waals surface area contributed by atoms with Gasteiger partial charge in [0.2, 0.25) is 0 Å². The Balaban J connectivity index is 1.64. The van der Waals surface area contributed by atoms with Crippen LogP contribution in [0, 0.1) is 0 Å². The minimum absolute atomic E-state index is 0.0963. The summed E-state index contributed by atoms with van der Waals surface area (Å²) in [6, 6.07) is 12.9. The standard InChI is InChI=1S/C21H23NO5/c1-25-18-7-3-15(4-8-18)12-22(17-5-6-17)21(24)14-27-20-10-9-19(26-2)11-16(20)13-23/h3-4,7-11,13,17H,5-6,12,14H2,1-2H3. The summed E-state index contributed by atoms with van der Waals surface area (Å²) in [4.78, 5) is 25.8. The summed E-state index contributed by atoms with van der Waals surface area (Å²) in [6.45, 7) is 0.416. The zero-order valence-electron chi connectivity index (χ0n) is 15.5. The van der Waals surface area contributed by atoms with Crippen LogP contribution in [0.1, 0.15) is 28.8 Å². The van der Waals surface area contributed by atoms with Crippen LogP contribution in [-0.2, 0) is 11.3 Å². The topological polar surface area (TPSA) is 65.1 Å². The quantitative estimate of drug-likeness (QED) is 0.636. The first kappa shape index (κ1) is 18.8. The molecule has 0 aromatic heterocycles. The molecule has 0 spiro atoms. The Morgan fingerprint density at radius 1 is 1.07 bits per heavy atom. The number of amides is 1. The number of hydrogen-bond donors (Lipinski definition) is 0. The molecule has 0 saturated heterocycles. The van der Waals surface area contributed by atoms with Crippen molar-refractivity contribution >= 4 is 12.2 Å². The molecule has 0 atom stereocenters. The third-order valence-electron chi connectivity index (χ3n) is 4.52. The minimum Gasteiger partial charge on any atom is -0.497 e. The van der Waals surface area contributed by atoms with Crippen molar-refractivity contribution in [3.63, 3.8) is 0 Å². The van der Waals surface area contributed by atoms with Crippen LogP contribution in [0.15, 0.2) is 42.5 Å². The number of methoxy groups -OCH3 is 2. The van der Waals surface area contributed by atoms with E-state index in [1.54, 1.807) is 25.3 Å². The Bertz CT molecular complexity index is 799. The van der Waals surface area contributed by atoms with Gasteiger partial charge in [0.05, 0.1) is 19.8 Å². The van der Waals surface area contributed by atoms with Gasteiger partial charge in [0.15, 0.2) is 12.9 Å². The molecule has 1 aliphatic rings. The predicted molar refractivity (Wildman–Crippen MR) is 100 cm³/mol. The van der Waals surface area contributed by atoms with Crippen LogP contribution >= 0.6 is 0 Å². The second-order valence-electron chi connectivity index (χ2n) is 6.41. The van der Waals surface area contributed by atoms with Crippen molar-refractivity contribution in [3.05, 3.63) is 53.6 Å². The fraction of sp³-hybridized carbons (Fsp3) is 0.333. The average Bonchev–Trinajstić information content (AvgIpc) is 3.55. The van der Waals surface area contributed by atoms with Gasteiger partial charge in [0, 0.05) is 12.6 Å².